The number of nitrogens with one attached hydrogen (secondary N) is 1. The molecule has 1 heterocycles. The zero-order valence-corrected chi connectivity index (χ0v) is 15.2. The first kappa shape index (κ1) is 19.6. The molecule has 1 atom stereocenters. The summed E-state index contributed by atoms with van der Waals surface area (Å²) in [7, 11) is 1.59. The van der Waals surface area contributed by atoms with E-state index in [9.17, 15) is 19.2 Å². The first-order valence-electron chi connectivity index (χ1n) is 7.32. The maximum absolute atomic E-state index is 12.1. The van der Waals surface area contributed by atoms with Crippen molar-refractivity contribution in [3.8, 4) is 0 Å². The van der Waals surface area contributed by atoms with Crippen LogP contribution in [0.5, 0.6) is 0 Å². The second kappa shape index (κ2) is 8.11. The van der Waals surface area contributed by atoms with Gasteiger partial charge >= 0.3 is 5.97 Å². The number of hydrogen-bond acceptors (Lipinski definition) is 6. The van der Waals surface area contributed by atoms with E-state index in [0.717, 1.165) is 0 Å². The molecule has 0 saturated carbocycles. The van der Waals surface area contributed by atoms with Gasteiger partial charge in [0.1, 0.15) is 10.4 Å². The van der Waals surface area contributed by atoms with Crippen molar-refractivity contribution in [3.63, 3.8) is 0 Å². The van der Waals surface area contributed by atoms with Gasteiger partial charge in [0.25, 0.3) is 11.8 Å². The van der Waals surface area contributed by atoms with Crippen molar-refractivity contribution in [2.45, 2.75) is 12.5 Å². The Labute approximate surface area is 158 Å². The van der Waals surface area contributed by atoms with Gasteiger partial charge in [0.05, 0.1) is 11.3 Å². The van der Waals surface area contributed by atoms with Crippen LogP contribution in [0.2, 0.25) is 0 Å². The third-order valence-corrected chi connectivity index (χ3v) is 4.95. The Balaban J connectivity index is 2.10. The fraction of sp³-hybridized carbons (Fsp3) is 0.188. The molecule has 0 bridgehead atoms. The summed E-state index contributed by atoms with van der Waals surface area (Å²) in [5.41, 5.74) is 5.86. The van der Waals surface area contributed by atoms with E-state index in [4.69, 9.17) is 23.1 Å². The normalized spacial score (nSPS) is 16.7. The van der Waals surface area contributed by atoms with Crippen LogP contribution in [0, 0.1) is 0 Å². The molecule has 0 radical (unpaired) electrons. The van der Waals surface area contributed by atoms with Crippen LogP contribution in [0.1, 0.15) is 22.3 Å². The van der Waals surface area contributed by atoms with Crippen molar-refractivity contribution in [1.29, 1.82) is 0 Å². The molecule has 0 aromatic heterocycles. The predicted molar refractivity (Wildman–Crippen MR) is 100 cm³/mol. The summed E-state index contributed by atoms with van der Waals surface area (Å²) >= 11 is 6.24. The van der Waals surface area contributed by atoms with Gasteiger partial charge in [-0.25, -0.2) is 4.79 Å². The highest BCUT2D eigenvalue weighted by molar-refractivity contribution is 8.26. The number of carboxylic acids is 1. The van der Waals surface area contributed by atoms with Gasteiger partial charge in [0.15, 0.2) is 0 Å². The second-order valence-electron chi connectivity index (χ2n) is 5.40. The smallest absolute Gasteiger partial charge is 0.326 e. The molecular formula is C16H15N3O5S2. The third kappa shape index (κ3) is 4.67. The molecule has 2 rings (SSSR count). The standard InChI is InChI=1S/C16H15N3O5S2/c1-19-14(22)11(26-16(19)25)6-8-2-4-9(5-3-8)13(21)18-10(15(23)24)7-12(17)20/h2-6,10H,7H2,1H3,(H2,17,20)(H,18,21)(H,23,24)/b11-6+. The third-order valence-electron chi connectivity index (χ3n) is 3.47. The molecule has 4 N–H and O–H groups in total. The number of hydrogen-bond donors (Lipinski definition) is 3. The van der Waals surface area contributed by atoms with Gasteiger partial charge in [-0.15, -0.1) is 0 Å². The zero-order valence-electron chi connectivity index (χ0n) is 13.6. The zero-order chi connectivity index (χ0) is 19.4. The van der Waals surface area contributed by atoms with Gasteiger partial charge in [0.2, 0.25) is 5.91 Å². The summed E-state index contributed by atoms with van der Waals surface area (Å²) in [4.78, 5) is 47.8. The van der Waals surface area contributed by atoms with Crippen LogP contribution in [0.15, 0.2) is 29.2 Å². The molecule has 1 aromatic carbocycles. The molecule has 1 fully saturated rings. The minimum Gasteiger partial charge on any atom is -0.480 e. The summed E-state index contributed by atoms with van der Waals surface area (Å²) < 4.78 is 0.464. The van der Waals surface area contributed by atoms with Gasteiger partial charge in [-0.3, -0.25) is 19.3 Å². The van der Waals surface area contributed by atoms with Crippen LogP contribution in [0.3, 0.4) is 0 Å². The number of primary amides is 1. The van der Waals surface area contributed by atoms with E-state index in [0.29, 0.717) is 14.8 Å². The molecule has 136 valence electrons. The Morgan fingerprint density at radius 2 is 1.96 bits per heavy atom. The minimum atomic E-state index is -1.40. The highest BCUT2D eigenvalue weighted by Crippen LogP contribution is 2.31. The Hall–Kier alpha value is -2.72. The van der Waals surface area contributed by atoms with Crippen LogP contribution < -0.4 is 11.1 Å². The molecule has 1 saturated heterocycles. The number of thiocarbonyl (C=S) groups is 1. The number of nitrogens with zero attached hydrogens (tertiary/aromatic N) is 1. The van der Waals surface area contributed by atoms with Crippen LogP contribution in [-0.4, -0.2) is 51.1 Å². The lowest BCUT2D eigenvalue weighted by Gasteiger charge is -2.12. The van der Waals surface area contributed by atoms with Gasteiger partial charge in [-0.1, -0.05) is 36.1 Å². The summed E-state index contributed by atoms with van der Waals surface area (Å²) in [6.45, 7) is 0. The average molecular weight is 393 g/mol. The Morgan fingerprint density at radius 3 is 2.42 bits per heavy atom. The molecule has 8 nitrogen and oxygen atoms in total. The predicted octanol–water partition coefficient (Wildman–Crippen LogP) is 0.576. The van der Waals surface area contributed by atoms with E-state index in [1.165, 1.54) is 28.8 Å². The van der Waals surface area contributed by atoms with Gasteiger partial charge in [0, 0.05) is 12.6 Å². The first-order chi connectivity index (χ1) is 12.2. The monoisotopic (exact) mass is 393 g/mol. The molecule has 1 aromatic rings. The van der Waals surface area contributed by atoms with Crippen molar-refractivity contribution in [1.82, 2.24) is 10.2 Å². The van der Waals surface area contributed by atoms with E-state index in [2.05, 4.69) is 5.32 Å². The minimum absolute atomic E-state index is 0.197. The number of carbonyl (C=O) groups is 4. The summed E-state index contributed by atoms with van der Waals surface area (Å²) in [6, 6.07) is 4.79. The van der Waals surface area contributed by atoms with Crippen LogP contribution in [0.25, 0.3) is 6.08 Å². The van der Waals surface area contributed by atoms with Gasteiger partial charge in [-0.05, 0) is 23.8 Å². The number of aliphatic carboxylic acids is 1. The molecular weight excluding hydrogens is 378 g/mol. The molecule has 3 amide bonds. The van der Waals surface area contributed by atoms with Gasteiger partial charge < -0.3 is 16.2 Å². The molecule has 0 aliphatic carbocycles. The fourth-order valence-electron chi connectivity index (χ4n) is 2.07. The van der Waals surface area contributed by atoms with E-state index in [1.807, 2.05) is 0 Å². The number of nitrogens with two attached hydrogens (primary N) is 1. The number of carbonyl (C=O) groups excluding carboxylic acids is 3. The quantitative estimate of drug-likeness (QED) is 0.476. The summed E-state index contributed by atoms with van der Waals surface area (Å²) in [6.07, 6.45) is 1.15. The summed E-state index contributed by atoms with van der Waals surface area (Å²) in [5.74, 6) is -3.03. The number of benzene rings is 1. The molecule has 1 unspecified atom stereocenters. The molecule has 1 aliphatic heterocycles. The fourth-order valence-corrected chi connectivity index (χ4v) is 3.25. The van der Waals surface area contributed by atoms with Gasteiger partial charge in [-0.2, -0.15) is 0 Å². The molecule has 1 aliphatic rings. The first-order valence-corrected chi connectivity index (χ1v) is 8.55. The summed E-state index contributed by atoms with van der Waals surface area (Å²) in [5, 5.41) is 11.2. The number of amides is 3. The highest BCUT2D eigenvalue weighted by Gasteiger charge is 2.28. The van der Waals surface area contributed by atoms with E-state index < -0.39 is 30.2 Å². The van der Waals surface area contributed by atoms with Crippen molar-refractivity contribution < 1.29 is 24.3 Å². The maximum atomic E-state index is 12.1. The Kier molecular flexibility index (Phi) is 6.11. The molecule has 26 heavy (non-hydrogen) atoms. The van der Waals surface area contributed by atoms with E-state index >= 15 is 0 Å². The van der Waals surface area contributed by atoms with E-state index in [1.54, 1.807) is 25.3 Å². The SMILES string of the molecule is CN1C(=O)/C(=C\c2ccc(C(=O)NC(CC(N)=O)C(=O)O)cc2)SC1=S. The molecule has 10 heteroatoms. The highest BCUT2D eigenvalue weighted by atomic mass is 32.2. The number of thioether (sulfide) groups is 1. The van der Waals surface area contributed by atoms with Crippen molar-refractivity contribution >= 4 is 58.1 Å². The Bertz CT molecular complexity index is 820. The van der Waals surface area contributed by atoms with Crippen LogP contribution >= 0.6 is 24.0 Å². The lowest BCUT2D eigenvalue weighted by atomic mass is 10.1. The number of rotatable bonds is 6. The van der Waals surface area contributed by atoms with Crippen LogP contribution in [0.4, 0.5) is 0 Å². The largest absolute Gasteiger partial charge is 0.480 e. The lowest BCUT2D eigenvalue weighted by molar-refractivity contribution is -0.140. The van der Waals surface area contributed by atoms with Crippen molar-refractivity contribution in [2.75, 3.05) is 7.05 Å². The topological polar surface area (TPSA) is 130 Å². The average Bonchev–Trinajstić information content (AvgIpc) is 2.81. The molecule has 0 spiro atoms. The van der Waals surface area contributed by atoms with Crippen molar-refractivity contribution in [3.05, 3.63) is 40.3 Å². The van der Waals surface area contributed by atoms with E-state index in [-0.39, 0.29) is 11.5 Å². The number of likely N-dealkylation sites (N-methyl/N-ethyl adjacent to an activating group) is 1. The van der Waals surface area contributed by atoms with Crippen LogP contribution in [-0.2, 0) is 14.4 Å². The van der Waals surface area contributed by atoms with Crippen molar-refractivity contribution in [2.24, 2.45) is 5.73 Å². The Morgan fingerprint density at radius 1 is 1.35 bits per heavy atom. The maximum Gasteiger partial charge on any atom is 0.326 e. The lowest BCUT2D eigenvalue weighted by Crippen LogP contribution is -2.43. The second-order valence-corrected chi connectivity index (χ2v) is 7.07. The number of carboxylic acid groups (broad SMARTS) is 1.